The monoisotopic (exact) mass is 323 g/mol. The van der Waals surface area contributed by atoms with Crippen molar-refractivity contribution >= 4 is 11.7 Å². The van der Waals surface area contributed by atoms with Crippen LogP contribution in [0.15, 0.2) is 12.3 Å². The first-order valence-electron chi connectivity index (χ1n) is 8.34. The van der Waals surface area contributed by atoms with E-state index >= 15 is 0 Å². The van der Waals surface area contributed by atoms with E-state index in [1.165, 1.54) is 0 Å². The topological polar surface area (TPSA) is 73.6 Å². The molecule has 2 N–H and O–H groups in total. The highest BCUT2D eigenvalue weighted by Gasteiger charge is 2.25. The molecule has 1 saturated heterocycles. The van der Waals surface area contributed by atoms with Crippen molar-refractivity contribution in [3.05, 3.63) is 12.3 Å². The summed E-state index contributed by atoms with van der Waals surface area (Å²) in [6.45, 7) is 11.6. The van der Waals surface area contributed by atoms with Gasteiger partial charge in [-0.25, -0.2) is 4.68 Å². The lowest BCUT2D eigenvalue weighted by Gasteiger charge is -2.40. The summed E-state index contributed by atoms with van der Waals surface area (Å²) in [6, 6.07) is 2.37. The Balaban J connectivity index is 1.83. The number of nitrogens with zero attached hydrogens (tertiary/aromatic N) is 4. The maximum atomic E-state index is 12.3. The van der Waals surface area contributed by atoms with Crippen LogP contribution in [0.5, 0.6) is 0 Å². The molecule has 1 aromatic rings. The Kier molecular flexibility index (Phi) is 6.15. The maximum absolute atomic E-state index is 12.3. The number of piperazine rings is 1. The van der Waals surface area contributed by atoms with E-state index in [0.717, 1.165) is 25.5 Å². The van der Waals surface area contributed by atoms with E-state index in [9.17, 15) is 9.90 Å². The number of amides is 1. The molecule has 2 atom stereocenters. The molecular formula is C16H29N5O2. The van der Waals surface area contributed by atoms with Gasteiger partial charge in [0.15, 0.2) is 0 Å². The number of aliphatic hydroxyl groups excluding tert-OH is 1. The third-order valence-corrected chi connectivity index (χ3v) is 4.14. The molecule has 7 nitrogen and oxygen atoms in total. The summed E-state index contributed by atoms with van der Waals surface area (Å²) in [5, 5.41) is 16.7. The largest absolute Gasteiger partial charge is 0.392 e. The second-order valence-corrected chi connectivity index (χ2v) is 6.73. The van der Waals surface area contributed by atoms with Crippen LogP contribution in [-0.4, -0.2) is 75.5 Å². The molecule has 1 amide bonds. The first-order chi connectivity index (χ1) is 10.9. The molecule has 7 heteroatoms. The molecule has 130 valence electrons. The second kappa shape index (κ2) is 7.90. The summed E-state index contributed by atoms with van der Waals surface area (Å²) < 4.78 is 1.81. The van der Waals surface area contributed by atoms with Crippen molar-refractivity contribution in [3.8, 4) is 0 Å². The summed E-state index contributed by atoms with van der Waals surface area (Å²) >= 11 is 0. The third kappa shape index (κ3) is 5.02. The van der Waals surface area contributed by atoms with Gasteiger partial charge in [-0.3, -0.25) is 14.6 Å². The normalized spacial score (nSPS) is 21.6. The van der Waals surface area contributed by atoms with Gasteiger partial charge >= 0.3 is 0 Å². The van der Waals surface area contributed by atoms with Crippen LogP contribution in [0.3, 0.4) is 0 Å². The van der Waals surface area contributed by atoms with Gasteiger partial charge in [0.25, 0.3) is 0 Å². The summed E-state index contributed by atoms with van der Waals surface area (Å²) in [5.74, 6) is 0.731. The van der Waals surface area contributed by atoms with Gasteiger partial charge in [-0.15, -0.1) is 0 Å². The van der Waals surface area contributed by atoms with Gasteiger partial charge in [0.2, 0.25) is 5.91 Å². The highest BCUT2D eigenvalue weighted by Crippen LogP contribution is 2.14. The average molecular weight is 323 g/mol. The van der Waals surface area contributed by atoms with Crippen LogP contribution in [-0.2, 0) is 4.79 Å². The van der Waals surface area contributed by atoms with Gasteiger partial charge in [0.05, 0.1) is 18.8 Å². The van der Waals surface area contributed by atoms with Crippen molar-refractivity contribution in [3.63, 3.8) is 0 Å². The predicted molar refractivity (Wildman–Crippen MR) is 90.4 cm³/mol. The Morgan fingerprint density at radius 1 is 1.43 bits per heavy atom. The first-order valence-corrected chi connectivity index (χ1v) is 8.34. The number of anilines is 1. The molecule has 0 saturated carbocycles. The Labute approximate surface area is 138 Å². The minimum Gasteiger partial charge on any atom is -0.392 e. The summed E-state index contributed by atoms with van der Waals surface area (Å²) in [7, 11) is 0. The van der Waals surface area contributed by atoms with Crippen LogP contribution in [0.4, 0.5) is 5.82 Å². The van der Waals surface area contributed by atoms with Gasteiger partial charge in [-0.05, 0) is 27.7 Å². The van der Waals surface area contributed by atoms with E-state index in [2.05, 4.69) is 27.1 Å². The van der Waals surface area contributed by atoms with Gasteiger partial charge in [0, 0.05) is 44.3 Å². The number of carbonyl (C=O) groups is 1. The fourth-order valence-corrected chi connectivity index (χ4v) is 3.04. The minimum absolute atomic E-state index is 0.0106. The quantitative estimate of drug-likeness (QED) is 0.810. The van der Waals surface area contributed by atoms with E-state index in [1.54, 1.807) is 10.9 Å². The van der Waals surface area contributed by atoms with Crippen molar-refractivity contribution in [2.75, 3.05) is 38.0 Å². The Morgan fingerprint density at radius 3 is 2.78 bits per heavy atom. The number of aliphatic hydroxyl groups is 1. The number of carbonyl (C=O) groups excluding carboxylic acids is 1. The number of hydrogen-bond donors (Lipinski definition) is 2. The number of nitrogens with one attached hydrogen (secondary N) is 1. The Morgan fingerprint density at radius 2 is 2.17 bits per heavy atom. The highest BCUT2D eigenvalue weighted by molar-refractivity contribution is 5.91. The fraction of sp³-hybridized carbons (Fsp3) is 0.750. The summed E-state index contributed by atoms with van der Waals surface area (Å²) in [4.78, 5) is 16.7. The molecule has 2 rings (SSSR count). The molecule has 1 aromatic heterocycles. The van der Waals surface area contributed by atoms with Crippen LogP contribution in [0.25, 0.3) is 0 Å². The highest BCUT2D eigenvalue weighted by atomic mass is 16.3. The van der Waals surface area contributed by atoms with Gasteiger partial charge in [-0.2, -0.15) is 5.10 Å². The smallest absolute Gasteiger partial charge is 0.239 e. The van der Waals surface area contributed by atoms with E-state index in [0.29, 0.717) is 19.1 Å². The zero-order valence-corrected chi connectivity index (χ0v) is 14.6. The molecule has 0 bridgehead atoms. The molecule has 1 fully saturated rings. The average Bonchev–Trinajstić information content (AvgIpc) is 2.89. The van der Waals surface area contributed by atoms with Crippen LogP contribution >= 0.6 is 0 Å². The minimum atomic E-state index is -0.316. The van der Waals surface area contributed by atoms with Crippen molar-refractivity contribution in [1.29, 1.82) is 0 Å². The van der Waals surface area contributed by atoms with E-state index < -0.39 is 0 Å². The summed E-state index contributed by atoms with van der Waals surface area (Å²) in [6.07, 6.45) is 1.38. The number of aromatic nitrogens is 2. The Hall–Kier alpha value is -1.44. The molecule has 0 aromatic carbocycles. The van der Waals surface area contributed by atoms with E-state index in [1.807, 2.05) is 26.8 Å². The van der Waals surface area contributed by atoms with Crippen molar-refractivity contribution in [2.45, 2.75) is 45.9 Å². The van der Waals surface area contributed by atoms with Gasteiger partial charge in [0.1, 0.15) is 5.82 Å². The van der Waals surface area contributed by atoms with Crippen molar-refractivity contribution < 1.29 is 9.90 Å². The lowest BCUT2D eigenvalue weighted by atomic mass is 10.1. The van der Waals surface area contributed by atoms with E-state index in [4.69, 9.17) is 0 Å². The zero-order valence-electron chi connectivity index (χ0n) is 14.6. The lowest BCUT2D eigenvalue weighted by molar-refractivity contribution is -0.118. The Bertz CT molecular complexity index is 514. The predicted octanol–water partition coefficient (Wildman–Crippen LogP) is 0.789. The molecule has 1 aliphatic heterocycles. The molecule has 23 heavy (non-hydrogen) atoms. The SMILES string of the molecule is CC(C)n1nccc1NC(=O)CN1CCN(C[C@@H](C)O)[C@@H](C)C1. The molecule has 2 heterocycles. The van der Waals surface area contributed by atoms with Crippen molar-refractivity contribution in [1.82, 2.24) is 19.6 Å². The molecule has 0 unspecified atom stereocenters. The van der Waals surface area contributed by atoms with Gasteiger partial charge in [-0.1, -0.05) is 0 Å². The zero-order chi connectivity index (χ0) is 17.0. The lowest BCUT2D eigenvalue weighted by Crippen LogP contribution is -2.54. The maximum Gasteiger partial charge on any atom is 0.239 e. The number of rotatable bonds is 6. The second-order valence-electron chi connectivity index (χ2n) is 6.73. The molecule has 1 aliphatic rings. The van der Waals surface area contributed by atoms with Crippen LogP contribution in [0.1, 0.15) is 33.7 Å². The molecule has 0 radical (unpaired) electrons. The van der Waals surface area contributed by atoms with Gasteiger partial charge < -0.3 is 10.4 Å². The third-order valence-electron chi connectivity index (χ3n) is 4.14. The molecule has 0 spiro atoms. The standard InChI is InChI=1S/C16H29N5O2/c1-12(2)21-15(5-6-17-21)18-16(23)11-19-7-8-20(10-14(4)22)13(3)9-19/h5-6,12-14,22H,7-11H2,1-4H3,(H,18,23)/t13-,14+/m0/s1. The van der Waals surface area contributed by atoms with E-state index in [-0.39, 0.29) is 18.1 Å². The fourth-order valence-electron chi connectivity index (χ4n) is 3.04. The van der Waals surface area contributed by atoms with Crippen molar-refractivity contribution in [2.24, 2.45) is 0 Å². The van der Waals surface area contributed by atoms with Crippen LogP contribution in [0, 0.1) is 0 Å². The molecule has 0 aliphatic carbocycles. The van der Waals surface area contributed by atoms with Crippen LogP contribution in [0.2, 0.25) is 0 Å². The first kappa shape index (κ1) is 17.9. The number of β-amino-alcohol motifs (C(OH)–C–C–N with tert-alkyl or cyclic N) is 1. The summed E-state index contributed by atoms with van der Waals surface area (Å²) in [5.41, 5.74) is 0. The molecular weight excluding hydrogens is 294 g/mol. The number of hydrogen-bond acceptors (Lipinski definition) is 5. The van der Waals surface area contributed by atoms with Crippen LogP contribution < -0.4 is 5.32 Å².